The van der Waals surface area contributed by atoms with Crippen LogP contribution in [0.3, 0.4) is 0 Å². The molecule has 13 heavy (non-hydrogen) atoms. The van der Waals surface area contributed by atoms with E-state index in [9.17, 15) is 4.79 Å². The van der Waals surface area contributed by atoms with E-state index in [1.807, 2.05) is 0 Å². The Bertz CT molecular complexity index is 182. The van der Waals surface area contributed by atoms with Gasteiger partial charge in [-0.3, -0.25) is 0 Å². The monoisotopic (exact) mass is 191 g/mol. The molecule has 0 spiro atoms. The van der Waals surface area contributed by atoms with Gasteiger partial charge in [0.05, 0.1) is 13.2 Å². The van der Waals surface area contributed by atoms with E-state index >= 15 is 0 Å². The first-order valence-corrected chi connectivity index (χ1v) is 3.60. The molecule has 0 unspecified atom stereocenters. The standard InChI is InChI=1S/C7H13NO5/c1-5(11-2)6(7(9)10)8-4-13-12-3/h4-6H,1-3H3,(H,9,10)/t5-,6+/m1/s1. The number of carboxylic acid groups (broad SMARTS) is 1. The molecule has 0 bridgehead atoms. The van der Waals surface area contributed by atoms with Crippen molar-refractivity contribution in [2.45, 2.75) is 19.1 Å². The highest BCUT2D eigenvalue weighted by atomic mass is 17.2. The van der Waals surface area contributed by atoms with Gasteiger partial charge in [-0.1, -0.05) is 0 Å². The minimum absolute atomic E-state index is 0.519. The Morgan fingerprint density at radius 2 is 2.15 bits per heavy atom. The summed E-state index contributed by atoms with van der Waals surface area (Å²) in [7, 11) is 2.70. The van der Waals surface area contributed by atoms with Gasteiger partial charge in [0, 0.05) is 7.11 Å². The number of hydrogen-bond donors (Lipinski definition) is 1. The van der Waals surface area contributed by atoms with Crippen molar-refractivity contribution in [1.82, 2.24) is 0 Å². The summed E-state index contributed by atoms with van der Waals surface area (Å²) >= 11 is 0. The van der Waals surface area contributed by atoms with E-state index < -0.39 is 18.1 Å². The highest BCUT2D eigenvalue weighted by Crippen LogP contribution is 2.02. The molecule has 0 aliphatic heterocycles. The number of hydrogen-bond acceptors (Lipinski definition) is 5. The van der Waals surface area contributed by atoms with Crippen LogP contribution in [0.2, 0.25) is 0 Å². The first-order valence-electron chi connectivity index (χ1n) is 3.60. The predicted molar refractivity (Wildman–Crippen MR) is 44.5 cm³/mol. The third-order valence-corrected chi connectivity index (χ3v) is 1.43. The molecule has 0 radical (unpaired) electrons. The molecule has 0 aromatic rings. The van der Waals surface area contributed by atoms with E-state index in [0.29, 0.717) is 0 Å². The van der Waals surface area contributed by atoms with E-state index in [1.165, 1.54) is 14.2 Å². The number of rotatable bonds is 6. The fourth-order valence-electron chi connectivity index (χ4n) is 0.648. The zero-order valence-corrected chi connectivity index (χ0v) is 7.76. The molecule has 0 saturated heterocycles. The maximum absolute atomic E-state index is 10.6. The van der Waals surface area contributed by atoms with Crippen molar-refractivity contribution < 1.29 is 24.4 Å². The summed E-state index contributed by atoms with van der Waals surface area (Å²) in [6, 6.07) is -0.986. The summed E-state index contributed by atoms with van der Waals surface area (Å²) < 4.78 is 4.81. The molecule has 76 valence electrons. The third kappa shape index (κ3) is 4.44. The van der Waals surface area contributed by atoms with Crippen molar-refractivity contribution in [2.24, 2.45) is 4.99 Å². The van der Waals surface area contributed by atoms with E-state index in [4.69, 9.17) is 9.84 Å². The minimum atomic E-state index is -1.08. The zero-order valence-electron chi connectivity index (χ0n) is 7.76. The van der Waals surface area contributed by atoms with Crippen LogP contribution in [0, 0.1) is 0 Å². The van der Waals surface area contributed by atoms with Gasteiger partial charge in [0.25, 0.3) is 0 Å². The van der Waals surface area contributed by atoms with Gasteiger partial charge in [0.15, 0.2) is 6.04 Å². The van der Waals surface area contributed by atoms with Gasteiger partial charge in [-0.05, 0) is 6.92 Å². The van der Waals surface area contributed by atoms with E-state index in [1.54, 1.807) is 6.92 Å². The van der Waals surface area contributed by atoms with Crippen LogP contribution < -0.4 is 0 Å². The van der Waals surface area contributed by atoms with Gasteiger partial charge in [-0.2, -0.15) is 4.89 Å². The molecule has 0 aliphatic carbocycles. The molecule has 0 saturated carbocycles. The molecule has 0 fully saturated rings. The molecule has 1 N–H and O–H groups in total. The van der Waals surface area contributed by atoms with Crippen LogP contribution in [0.1, 0.15) is 6.92 Å². The van der Waals surface area contributed by atoms with Gasteiger partial charge < -0.3 is 14.7 Å². The fraction of sp³-hybridized carbons (Fsp3) is 0.714. The van der Waals surface area contributed by atoms with Crippen LogP contribution in [-0.4, -0.2) is 43.8 Å². The SMILES string of the molecule is COOC=N[C@H](C(=O)O)[C@@H](C)OC. The molecule has 0 aromatic carbocycles. The summed E-state index contributed by atoms with van der Waals surface area (Å²) in [6.45, 7) is 1.60. The first kappa shape index (κ1) is 11.9. The zero-order chi connectivity index (χ0) is 10.3. The number of ether oxygens (including phenoxy) is 1. The Balaban J connectivity index is 4.17. The van der Waals surface area contributed by atoms with Crippen molar-refractivity contribution in [3.8, 4) is 0 Å². The van der Waals surface area contributed by atoms with Gasteiger partial charge in [-0.15, -0.1) is 0 Å². The van der Waals surface area contributed by atoms with Crippen LogP contribution in [0.5, 0.6) is 0 Å². The Kier molecular flexibility index (Phi) is 5.82. The van der Waals surface area contributed by atoms with Crippen LogP contribution in [0.4, 0.5) is 0 Å². The predicted octanol–water partition coefficient (Wildman–Crippen LogP) is 0.0808. The van der Waals surface area contributed by atoms with E-state index in [2.05, 4.69) is 14.8 Å². The average molecular weight is 191 g/mol. The quantitative estimate of drug-likeness (QED) is 0.278. The van der Waals surface area contributed by atoms with Crippen molar-refractivity contribution in [2.75, 3.05) is 14.2 Å². The summed E-state index contributed by atoms with van der Waals surface area (Å²) in [5.74, 6) is -1.08. The van der Waals surface area contributed by atoms with E-state index in [0.717, 1.165) is 6.40 Å². The Morgan fingerprint density at radius 3 is 2.54 bits per heavy atom. The first-order chi connectivity index (χ1) is 6.13. The molecular weight excluding hydrogens is 178 g/mol. The number of carboxylic acids is 1. The fourth-order valence-corrected chi connectivity index (χ4v) is 0.648. The summed E-state index contributed by atoms with van der Waals surface area (Å²) in [5, 5.41) is 8.68. The molecule has 2 atom stereocenters. The minimum Gasteiger partial charge on any atom is -0.480 e. The van der Waals surface area contributed by atoms with Gasteiger partial charge in [0.2, 0.25) is 6.40 Å². The smallest absolute Gasteiger partial charge is 0.331 e. The largest absolute Gasteiger partial charge is 0.480 e. The Labute approximate surface area is 76.0 Å². The number of methoxy groups -OCH3 is 1. The molecule has 6 nitrogen and oxygen atoms in total. The van der Waals surface area contributed by atoms with Crippen molar-refractivity contribution in [3.05, 3.63) is 0 Å². The molecule has 0 aromatic heterocycles. The van der Waals surface area contributed by atoms with Gasteiger partial charge >= 0.3 is 5.97 Å². The Hall–Kier alpha value is -1.14. The van der Waals surface area contributed by atoms with Gasteiger partial charge in [-0.25, -0.2) is 9.79 Å². The molecule has 0 heterocycles. The highest BCUT2D eigenvalue weighted by molar-refractivity contribution is 5.75. The molecule has 0 rings (SSSR count). The lowest BCUT2D eigenvalue weighted by atomic mass is 10.2. The lowest BCUT2D eigenvalue weighted by molar-refractivity contribution is -0.188. The van der Waals surface area contributed by atoms with Crippen LogP contribution >= 0.6 is 0 Å². The topological polar surface area (TPSA) is 77.4 Å². The second-order valence-corrected chi connectivity index (χ2v) is 2.24. The highest BCUT2D eigenvalue weighted by Gasteiger charge is 2.23. The number of aliphatic imine (C=N–C) groups is 1. The molecular formula is C7H13NO5. The lowest BCUT2D eigenvalue weighted by Gasteiger charge is -2.13. The van der Waals surface area contributed by atoms with Crippen molar-refractivity contribution >= 4 is 12.4 Å². The summed E-state index contributed by atoms with van der Waals surface area (Å²) in [5.41, 5.74) is 0. The number of carbonyl (C=O) groups is 1. The number of aliphatic carboxylic acids is 1. The normalized spacial score (nSPS) is 15.6. The molecule has 0 amide bonds. The van der Waals surface area contributed by atoms with Crippen molar-refractivity contribution in [1.29, 1.82) is 0 Å². The molecule has 0 aliphatic rings. The summed E-state index contributed by atoms with van der Waals surface area (Å²) in [4.78, 5) is 22.7. The second-order valence-electron chi connectivity index (χ2n) is 2.24. The lowest BCUT2D eigenvalue weighted by Crippen LogP contribution is -2.31. The second kappa shape index (κ2) is 6.38. The van der Waals surface area contributed by atoms with Crippen LogP contribution in [-0.2, 0) is 19.3 Å². The maximum Gasteiger partial charge on any atom is 0.331 e. The third-order valence-electron chi connectivity index (χ3n) is 1.43. The number of nitrogens with zero attached hydrogens (tertiary/aromatic N) is 1. The van der Waals surface area contributed by atoms with Crippen LogP contribution in [0.25, 0.3) is 0 Å². The van der Waals surface area contributed by atoms with E-state index in [-0.39, 0.29) is 0 Å². The van der Waals surface area contributed by atoms with Crippen LogP contribution in [0.15, 0.2) is 4.99 Å². The maximum atomic E-state index is 10.6. The average Bonchev–Trinajstić information content (AvgIpc) is 2.11. The Morgan fingerprint density at radius 1 is 1.54 bits per heavy atom. The van der Waals surface area contributed by atoms with Gasteiger partial charge in [0.1, 0.15) is 0 Å². The molecule has 6 heteroatoms. The summed E-state index contributed by atoms with van der Waals surface area (Å²) in [6.07, 6.45) is 0.406. The van der Waals surface area contributed by atoms with Crippen molar-refractivity contribution in [3.63, 3.8) is 0 Å².